The minimum absolute atomic E-state index is 0. The van der Waals surface area contributed by atoms with E-state index < -0.39 is 11.7 Å². The van der Waals surface area contributed by atoms with Crippen molar-refractivity contribution in [1.29, 1.82) is 0 Å². The van der Waals surface area contributed by atoms with E-state index >= 15 is 0 Å². The van der Waals surface area contributed by atoms with Gasteiger partial charge in [0.15, 0.2) is 5.96 Å². The summed E-state index contributed by atoms with van der Waals surface area (Å²) in [5.74, 6) is 0.330. The molecule has 0 radical (unpaired) electrons. The standard InChI is InChI=1S/C21H35N5O3.HI/c1-6-7-11-17(14-24-20(28)29-21(2,3)4)26-19(22-5)23-15-18(27)25-16-12-9-8-10-13-16;/h8-10,12-13,17H,6-7,11,14-15H2,1-5H3,(H,24,28)(H,25,27)(H2,22,23,26);1H. The molecule has 0 bridgehead atoms. The van der Waals surface area contributed by atoms with Gasteiger partial charge in [-0.3, -0.25) is 9.79 Å². The highest BCUT2D eigenvalue weighted by Gasteiger charge is 2.18. The van der Waals surface area contributed by atoms with E-state index in [1.165, 1.54) is 0 Å². The Morgan fingerprint density at radius 2 is 1.80 bits per heavy atom. The van der Waals surface area contributed by atoms with Gasteiger partial charge >= 0.3 is 6.09 Å². The monoisotopic (exact) mass is 533 g/mol. The van der Waals surface area contributed by atoms with Crippen LogP contribution in [-0.2, 0) is 9.53 Å². The second-order valence-corrected chi connectivity index (χ2v) is 7.71. The first-order valence-electron chi connectivity index (χ1n) is 10.0. The van der Waals surface area contributed by atoms with Crippen LogP contribution in [0.25, 0.3) is 0 Å². The van der Waals surface area contributed by atoms with Crippen LogP contribution in [-0.4, -0.2) is 49.7 Å². The molecule has 2 amide bonds. The van der Waals surface area contributed by atoms with Crippen LogP contribution in [0.4, 0.5) is 10.5 Å². The summed E-state index contributed by atoms with van der Waals surface area (Å²) in [5.41, 5.74) is 0.199. The van der Waals surface area contributed by atoms with Crippen molar-refractivity contribution in [2.45, 2.75) is 58.6 Å². The number of para-hydroxylation sites is 1. The van der Waals surface area contributed by atoms with Crippen LogP contribution in [0.1, 0.15) is 47.0 Å². The summed E-state index contributed by atoms with van der Waals surface area (Å²) in [5, 5.41) is 11.9. The minimum Gasteiger partial charge on any atom is -0.444 e. The Balaban J connectivity index is 0.00000841. The predicted molar refractivity (Wildman–Crippen MR) is 133 cm³/mol. The van der Waals surface area contributed by atoms with Crippen molar-refractivity contribution in [3.05, 3.63) is 30.3 Å². The molecule has 0 fully saturated rings. The summed E-state index contributed by atoms with van der Waals surface area (Å²) in [7, 11) is 1.64. The van der Waals surface area contributed by atoms with E-state index in [-0.39, 0.29) is 42.5 Å². The van der Waals surface area contributed by atoms with Gasteiger partial charge in [0, 0.05) is 25.3 Å². The first kappa shape index (κ1) is 28.0. The predicted octanol–water partition coefficient (Wildman–Crippen LogP) is 3.49. The lowest BCUT2D eigenvalue weighted by Crippen LogP contribution is -2.50. The molecule has 0 aliphatic heterocycles. The number of carbonyl (C=O) groups excluding carboxylic acids is 2. The Kier molecular flexibility index (Phi) is 13.9. The zero-order valence-electron chi connectivity index (χ0n) is 18.6. The van der Waals surface area contributed by atoms with Gasteiger partial charge in [0.1, 0.15) is 5.60 Å². The number of carbonyl (C=O) groups is 2. The zero-order chi connectivity index (χ0) is 21.7. The minimum atomic E-state index is -0.542. The number of amides is 2. The fourth-order valence-electron chi connectivity index (χ4n) is 2.48. The Bertz CT molecular complexity index is 662. The molecule has 1 aromatic carbocycles. The molecule has 0 aromatic heterocycles. The van der Waals surface area contributed by atoms with Gasteiger partial charge in [0.25, 0.3) is 0 Å². The maximum Gasteiger partial charge on any atom is 0.407 e. The molecule has 9 heteroatoms. The first-order chi connectivity index (χ1) is 13.7. The van der Waals surface area contributed by atoms with Crippen molar-refractivity contribution in [2.75, 3.05) is 25.5 Å². The van der Waals surface area contributed by atoms with Crippen LogP contribution < -0.4 is 21.3 Å². The summed E-state index contributed by atoms with van der Waals surface area (Å²) in [6, 6.07) is 9.23. The third-order valence-corrected chi connectivity index (χ3v) is 3.84. The number of rotatable bonds is 9. The SMILES string of the molecule is CCCCC(CNC(=O)OC(C)(C)C)NC(=NC)NCC(=O)Nc1ccccc1.I. The van der Waals surface area contributed by atoms with E-state index in [4.69, 9.17) is 4.74 Å². The van der Waals surface area contributed by atoms with Gasteiger partial charge in [-0.2, -0.15) is 0 Å². The van der Waals surface area contributed by atoms with Crippen molar-refractivity contribution < 1.29 is 14.3 Å². The van der Waals surface area contributed by atoms with E-state index in [0.717, 1.165) is 24.9 Å². The Morgan fingerprint density at radius 1 is 1.13 bits per heavy atom. The molecule has 1 unspecified atom stereocenters. The summed E-state index contributed by atoms with van der Waals surface area (Å²) >= 11 is 0. The maximum atomic E-state index is 12.1. The number of halogens is 1. The van der Waals surface area contributed by atoms with Gasteiger partial charge in [-0.25, -0.2) is 4.79 Å². The van der Waals surface area contributed by atoms with Gasteiger partial charge in [0.05, 0.1) is 6.54 Å². The van der Waals surface area contributed by atoms with E-state index in [0.29, 0.717) is 12.5 Å². The lowest BCUT2D eigenvalue weighted by Gasteiger charge is -2.24. The summed E-state index contributed by atoms with van der Waals surface area (Å²) in [4.78, 5) is 28.2. The van der Waals surface area contributed by atoms with Crippen molar-refractivity contribution in [1.82, 2.24) is 16.0 Å². The first-order valence-corrected chi connectivity index (χ1v) is 10.0. The fraction of sp³-hybridized carbons (Fsp3) is 0.571. The highest BCUT2D eigenvalue weighted by atomic mass is 127. The Labute approximate surface area is 197 Å². The smallest absolute Gasteiger partial charge is 0.407 e. The molecule has 170 valence electrons. The molecular formula is C21H36IN5O3. The van der Waals surface area contributed by atoms with Crippen LogP contribution in [0.5, 0.6) is 0 Å². The molecule has 1 rings (SSSR count). The number of hydrogen-bond acceptors (Lipinski definition) is 4. The molecule has 0 heterocycles. The molecule has 0 aliphatic rings. The third-order valence-electron chi connectivity index (χ3n) is 3.84. The van der Waals surface area contributed by atoms with E-state index in [9.17, 15) is 9.59 Å². The number of anilines is 1. The Morgan fingerprint density at radius 3 is 2.37 bits per heavy atom. The topological polar surface area (TPSA) is 104 Å². The van der Waals surface area contributed by atoms with Gasteiger partial charge < -0.3 is 26.0 Å². The van der Waals surface area contributed by atoms with E-state index in [1.54, 1.807) is 7.05 Å². The number of hydrogen-bond donors (Lipinski definition) is 4. The summed E-state index contributed by atoms with van der Waals surface area (Å²) in [6.45, 7) is 8.06. The van der Waals surface area contributed by atoms with Crippen LogP contribution in [0, 0.1) is 0 Å². The van der Waals surface area contributed by atoms with E-state index in [1.807, 2.05) is 51.1 Å². The maximum absolute atomic E-state index is 12.1. The van der Waals surface area contributed by atoms with Crippen LogP contribution in [0.2, 0.25) is 0 Å². The number of guanidine groups is 1. The fourth-order valence-corrected chi connectivity index (χ4v) is 2.48. The average Bonchev–Trinajstić information content (AvgIpc) is 2.66. The second kappa shape index (κ2) is 14.9. The molecule has 4 N–H and O–H groups in total. The molecule has 8 nitrogen and oxygen atoms in total. The highest BCUT2D eigenvalue weighted by Crippen LogP contribution is 2.07. The van der Waals surface area contributed by atoms with Gasteiger partial charge in [0.2, 0.25) is 5.91 Å². The summed E-state index contributed by atoms with van der Waals surface area (Å²) in [6.07, 6.45) is 2.43. The number of benzene rings is 1. The molecule has 0 saturated carbocycles. The van der Waals surface area contributed by atoms with E-state index in [2.05, 4.69) is 33.2 Å². The van der Waals surface area contributed by atoms with Crippen LogP contribution in [0.3, 0.4) is 0 Å². The molecule has 0 aliphatic carbocycles. The van der Waals surface area contributed by atoms with Gasteiger partial charge in [-0.15, -0.1) is 24.0 Å². The highest BCUT2D eigenvalue weighted by molar-refractivity contribution is 14.0. The lowest BCUT2D eigenvalue weighted by atomic mass is 10.1. The third kappa shape index (κ3) is 13.2. The number of ether oxygens (including phenoxy) is 1. The van der Waals surface area contributed by atoms with Crippen molar-refractivity contribution >= 4 is 47.6 Å². The number of nitrogens with one attached hydrogen (secondary N) is 4. The van der Waals surface area contributed by atoms with Crippen molar-refractivity contribution in [3.63, 3.8) is 0 Å². The average molecular weight is 533 g/mol. The largest absolute Gasteiger partial charge is 0.444 e. The number of nitrogens with zero attached hydrogens (tertiary/aromatic N) is 1. The molecule has 0 saturated heterocycles. The Hall–Kier alpha value is -2.04. The molecule has 1 atom stereocenters. The normalized spacial score (nSPS) is 12.2. The number of alkyl carbamates (subject to hydrolysis) is 1. The molecule has 30 heavy (non-hydrogen) atoms. The van der Waals surface area contributed by atoms with Crippen molar-refractivity contribution in [2.24, 2.45) is 4.99 Å². The van der Waals surface area contributed by atoms with Crippen LogP contribution in [0.15, 0.2) is 35.3 Å². The second-order valence-electron chi connectivity index (χ2n) is 7.71. The lowest BCUT2D eigenvalue weighted by molar-refractivity contribution is -0.115. The van der Waals surface area contributed by atoms with Gasteiger partial charge in [-0.1, -0.05) is 38.0 Å². The van der Waals surface area contributed by atoms with Gasteiger partial charge in [-0.05, 0) is 39.3 Å². The molecular weight excluding hydrogens is 497 g/mol. The summed E-state index contributed by atoms with van der Waals surface area (Å²) < 4.78 is 5.28. The quantitative estimate of drug-likeness (QED) is 0.221. The molecule has 1 aromatic rings. The zero-order valence-corrected chi connectivity index (χ0v) is 20.9. The number of unbranched alkanes of at least 4 members (excludes halogenated alkanes) is 1. The number of aliphatic imine (C=N–C) groups is 1. The van der Waals surface area contributed by atoms with Crippen LogP contribution >= 0.6 is 24.0 Å². The molecule has 0 spiro atoms. The van der Waals surface area contributed by atoms with Crippen molar-refractivity contribution in [3.8, 4) is 0 Å².